The van der Waals surface area contributed by atoms with Crippen LogP contribution in [0.25, 0.3) is 0 Å². The van der Waals surface area contributed by atoms with Gasteiger partial charge in [-0.1, -0.05) is 30.3 Å². The van der Waals surface area contributed by atoms with Crippen molar-refractivity contribution < 1.29 is 14.3 Å². The summed E-state index contributed by atoms with van der Waals surface area (Å²) < 4.78 is 10.5. The summed E-state index contributed by atoms with van der Waals surface area (Å²) in [7, 11) is 5.08. The molecule has 0 aliphatic carbocycles. The number of anilines is 2. The smallest absolute Gasteiger partial charge is 0.255 e. The van der Waals surface area contributed by atoms with E-state index in [-0.39, 0.29) is 5.91 Å². The van der Waals surface area contributed by atoms with Gasteiger partial charge in [0.25, 0.3) is 5.91 Å². The zero-order valence-electron chi connectivity index (χ0n) is 16.2. The third kappa shape index (κ3) is 4.59. The van der Waals surface area contributed by atoms with Crippen molar-refractivity contribution in [1.29, 1.82) is 0 Å². The lowest BCUT2D eigenvalue weighted by Gasteiger charge is -2.19. The lowest BCUT2D eigenvalue weighted by molar-refractivity contribution is 0.102. The topological polar surface area (TPSA) is 63.7 Å². The molecule has 1 amide bonds. The first-order valence-electron chi connectivity index (χ1n) is 8.85. The van der Waals surface area contributed by atoms with Crippen LogP contribution in [-0.4, -0.2) is 32.2 Å². The number of aromatic nitrogens is 1. The molecular weight excluding hydrogens is 354 g/mol. The molecule has 3 aromatic rings. The number of rotatable bonds is 7. The quantitative estimate of drug-likeness (QED) is 0.675. The van der Waals surface area contributed by atoms with Crippen LogP contribution in [0, 0.1) is 0 Å². The largest absolute Gasteiger partial charge is 0.493 e. The van der Waals surface area contributed by atoms with Gasteiger partial charge in [0.05, 0.1) is 14.2 Å². The van der Waals surface area contributed by atoms with E-state index in [1.165, 1.54) is 5.56 Å². The number of amides is 1. The number of pyridine rings is 1. The standard InChI is InChI=1S/C22H23N3O3/c1-25(15-16-7-5-4-6-8-16)21-13-17(11-12-23-21)22(26)24-18-9-10-19(27-2)20(14-18)28-3/h4-14H,15H2,1-3H3,(H,24,26). The van der Waals surface area contributed by atoms with Gasteiger partial charge in [-0.15, -0.1) is 0 Å². The highest BCUT2D eigenvalue weighted by Gasteiger charge is 2.12. The molecule has 144 valence electrons. The average Bonchev–Trinajstić information content (AvgIpc) is 2.74. The van der Waals surface area contributed by atoms with Gasteiger partial charge in [0.1, 0.15) is 5.82 Å². The van der Waals surface area contributed by atoms with Crippen molar-refractivity contribution in [2.45, 2.75) is 6.54 Å². The van der Waals surface area contributed by atoms with E-state index in [1.807, 2.05) is 30.1 Å². The number of methoxy groups -OCH3 is 2. The molecule has 0 saturated heterocycles. The summed E-state index contributed by atoms with van der Waals surface area (Å²) in [5.41, 5.74) is 2.32. The van der Waals surface area contributed by atoms with E-state index >= 15 is 0 Å². The molecule has 28 heavy (non-hydrogen) atoms. The molecule has 0 atom stereocenters. The Labute approximate surface area is 164 Å². The van der Waals surface area contributed by atoms with Crippen molar-refractivity contribution in [3.63, 3.8) is 0 Å². The molecule has 1 aromatic heterocycles. The second kappa shape index (κ2) is 8.90. The predicted octanol–water partition coefficient (Wildman–Crippen LogP) is 3.99. The highest BCUT2D eigenvalue weighted by atomic mass is 16.5. The highest BCUT2D eigenvalue weighted by Crippen LogP contribution is 2.30. The average molecular weight is 377 g/mol. The summed E-state index contributed by atoms with van der Waals surface area (Å²) in [5.74, 6) is 1.67. The Morgan fingerprint density at radius 3 is 2.46 bits per heavy atom. The van der Waals surface area contributed by atoms with Gasteiger partial charge in [-0.2, -0.15) is 0 Å². The fourth-order valence-corrected chi connectivity index (χ4v) is 2.82. The summed E-state index contributed by atoms with van der Waals surface area (Å²) in [6.07, 6.45) is 1.64. The van der Waals surface area contributed by atoms with Gasteiger partial charge in [-0.25, -0.2) is 4.98 Å². The first-order chi connectivity index (χ1) is 13.6. The normalized spacial score (nSPS) is 10.2. The molecule has 2 aromatic carbocycles. The number of nitrogens with one attached hydrogen (secondary N) is 1. The zero-order valence-corrected chi connectivity index (χ0v) is 16.2. The summed E-state index contributed by atoms with van der Waals surface area (Å²) in [4.78, 5) is 19.1. The van der Waals surface area contributed by atoms with Crippen LogP contribution in [0.2, 0.25) is 0 Å². The predicted molar refractivity (Wildman–Crippen MR) is 110 cm³/mol. The van der Waals surface area contributed by atoms with Crippen molar-refractivity contribution in [3.05, 3.63) is 78.0 Å². The molecular formula is C22H23N3O3. The minimum atomic E-state index is -0.219. The fourth-order valence-electron chi connectivity index (χ4n) is 2.82. The van der Waals surface area contributed by atoms with E-state index in [0.717, 1.165) is 5.82 Å². The maximum Gasteiger partial charge on any atom is 0.255 e. The lowest BCUT2D eigenvalue weighted by Crippen LogP contribution is -2.19. The van der Waals surface area contributed by atoms with Gasteiger partial charge >= 0.3 is 0 Å². The van der Waals surface area contributed by atoms with Crippen molar-refractivity contribution in [3.8, 4) is 11.5 Å². The summed E-state index contributed by atoms with van der Waals surface area (Å²) in [5, 5.41) is 2.88. The molecule has 0 unspecified atom stereocenters. The monoisotopic (exact) mass is 377 g/mol. The summed E-state index contributed by atoms with van der Waals surface area (Å²) >= 11 is 0. The Bertz CT molecular complexity index is 945. The first-order valence-corrected chi connectivity index (χ1v) is 8.85. The molecule has 0 bridgehead atoms. The molecule has 1 heterocycles. The zero-order chi connectivity index (χ0) is 19.9. The molecule has 0 fully saturated rings. The van der Waals surface area contributed by atoms with Crippen LogP contribution >= 0.6 is 0 Å². The molecule has 0 radical (unpaired) electrons. The van der Waals surface area contributed by atoms with Crippen molar-refractivity contribution in [2.24, 2.45) is 0 Å². The Morgan fingerprint density at radius 2 is 1.75 bits per heavy atom. The van der Waals surface area contributed by atoms with Gasteiger partial charge in [-0.05, 0) is 29.8 Å². The third-order valence-electron chi connectivity index (χ3n) is 4.30. The SMILES string of the molecule is COc1ccc(NC(=O)c2ccnc(N(C)Cc3ccccc3)c2)cc1OC. The lowest BCUT2D eigenvalue weighted by atomic mass is 10.2. The third-order valence-corrected chi connectivity index (χ3v) is 4.30. The first kappa shape index (κ1) is 19.2. The van der Waals surface area contributed by atoms with Crippen LogP contribution < -0.4 is 19.7 Å². The number of benzene rings is 2. The van der Waals surface area contributed by atoms with E-state index in [9.17, 15) is 4.79 Å². The minimum absolute atomic E-state index is 0.219. The van der Waals surface area contributed by atoms with Gasteiger partial charge in [-0.3, -0.25) is 4.79 Å². The molecule has 1 N–H and O–H groups in total. The highest BCUT2D eigenvalue weighted by molar-refractivity contribution is 6.04. The van der Waals surface area contributed by atoms with Crippen molar-refractivity contribution in [2.75, 3.05) is 31.5 Å². The van der Waals surface area contributed by atoms with Gasteiger partial charge < -0.3 is 19.7 Å². The molecule has 0 aliphatic rings. The second-order valence-corrected chi connectivity index (χ2v) is 6.27. The molecule has 6 nitrogen and oxygen atoms in total. The van der Waals surface area contributed by atoms with Crippen molar-refractivity contribution in [1.82, 2.24) is 4.98 Å². The molecule has 6 heteroatoms. The number of ether oxygens (including phenoxy) is 2. The molecule has 0 spiro atoms. The van der Waals surface area contributed by atoms with Crippen LogP contribution in [0.3, 0.4) is 0 Å². The van der Waals surface area contributed by atoms with Gasteiger partial charge in [0.15, 0.2) is 11.5 Å². The van der Waals surface area contributed by atoms with Crippen LogP contribution in [0.4, 0.5) is 11.5 Å². The number of carbonyl (C=O) groups excluding carboxylic acids is 1. The Morgan fingerprint density at radius 1 is 1.00 bits per heavy atom. The van der Waals surface area contributed by atoms with E-state index in [4.69, 9.17) is 9.47 Å². The fraction of sp³-hybridized carbons (Fsp3) is 0.182. The van der Waals surface area contributed by atoms with E-state index in [1.54, 1.807) is 50.7 Å². The van der Waals surface area contributed by atoms with Crippen LogP contribution in [0.1, 0.15) is 15.9 Å². The molecule has 0 saturated carbocycles. The molecule has 0 aliphatic heterocycles. The Hall–Kier alpha value is -3.54. The number of nitrogens with zero attached hydrogens (tertiary/aromatic N) is 2. The van der Waals surface area contributed by atoms with Crippen LogP contribution in [-0.2, 0) is 6.54 Å². The van der Waals surface area contributed by atoms with E-state index in [2.05, 4.69) is 22.4 Å². The maximum atomic E-state index is 12.7. The number of hydrogen-bond acceptors (Lipinski definition) is 5. The van der Waals surface area contributed by atoms with Crippen molar-refractivity contribution >= 4 is 17.4 Å². The van der Waals surface area contributed by atoms with Crippen LogP contribution in [0.15, 0.2) is 66.9 Å². The summed E-state index contributed by atoms with van der Waals surface area (Å²) in [6.45, 7) is 0.703. The molecule has 3 rings (SSSR count). The Balaban J connectivity index is 1.73. The van der Waals surface area contributed by atoms with Crippen LogP contribution in [0.5, 0.6) is 11.5 Å². The number of hydrogen-bond donors (Lipinski definition) is 1. The minimum Gasteiger partial charge on any atom is -0.493 e. The Kier molecular flexibility index (Phi) is 6.11. The second-order valence-electron chi connectivity index (χ2n) is 6.27. The van der Waals surface area contributed by atoms with E-state index in [0.29, 0.717) is 29.3 Å². The number of carbonyl (C=O) groups is 1. The maximum absolute atomic E-state index is 12.7. The summed E-state index contributed by atoms with van der Waals surface area (Å²) in [6, 6.07) is 18.8. The van der Waals surface area contributed by atoms with Gasteiger partial charge in [0, 0.05) is 37.1 Å². The van der Waals surface area contributed by atoms with E-state index < -0.39 is 0 Å². The van der Waals surface area contributed by atoms with Gasteiger partial charge in [0.2, 0.25) is 0 Å².